The van der Waals surface area contributed by atoms with Gasteiger partial charge in [0.05, 0.1) is 40.1 Å². The van der Waals surface area contributed by atoms with Gasteiger partial charge in [0.15, 0.2) is 0 Å². The molecular weight excluding hydrogens is 593 g/mol. The average molecular weight is 631 g/mol. The molecule has 1 unspecified atom stereocenters. The summed E-state index contributed by atoms with van der Waals surface area (Å²) in [5.74, 6) is -0.115. The van der Waals surface area contributed by atoms with Crippen LogP contribution in [-0.4, -0.2) is 71.4 Å². The van der Waals surface area contributed by atoms with Gasteiger partial charge in [-0.1, -0.05) is 50.0 Å². The Balaban J connectivity index is 1.61. The summed E-state index contributed by atoms with van der Waals surface area (Å²) in [5.41, 5.74) is 0.932. The van der Waals surface area contributed by atoms with Gasteiger partial charge in [-0.15, -0.1) is 0 Å². The SMILES string of the molecule is CN[C@@H](C)C(=O)N[C@H](C(=O)N1CCCC1C(=O)Nc1cc2c(Nc3cccc(Cl)c3Cl)ncnc2cc1OC)C(C)(C)C. The van der Waals surface area contributed by atoms with Gasteiger partial charge in [0.1, 0.15) is 30.0 Å². The Morgan fingerprint density at radius 2 is 1.86 bits per heavy atom. The van der Waals surface area contributed by atoms with Crippen LogP contribution in [0.5, 0.6) is 5.75 Å². The Hall–Kier alpha value is -3.67. The second kappa shape index (κ2) is 13.3. The van der Waals surface area contributed by atoms with E-state index >= 15 is 0 Å². The molecule has 1 fully saturated rings. The lowest BCUT2D eigenvalue weighted by Crippen LogP contribution is -2.59. The number of ether oxygens (including phenoxy) is 1. The second-order valence-electron chi connectivity index (χ2n) is 11.5. The number of nitrogens with zero attached hydrogens (tertiary/aromatic N) is 3. The van der Waals surface area contributed by atoms with Gasteiger partial charge in [0.2, 0.25) is 17.7 Å². The molecule has 0 radical (unpaired) electrons. The highest BCUT2D eigenvalue weighted by atomic mass is 35.5. The smallest absolute Gasteiger partial charge is 0.247 e. The molecule has 0 bridgehead atoms. The second-order valence-corrected chi connectivity index (χ2v) is 12.3. The molecule has 4 rings (SSSR count). The molecule has 13 heteroatoms. The monoisotopic (exact) mass is 629 g/mol. The summed E-state index contributed by atoms with van der Waals surface area (Å²) < 4.78 is 5.58. The number of likely N-dealkylation sites (N-methyl/N-ethyl adjacent to an activating group) is 1. The minimum absolute atomic E-state index is 0.289. The van der Waals surface area contributed by atoms with E-state index in [-0.39, 0.29) is 17.7 Å². The number of nitrogens with one attached hydrogen (secondary N) is 4. The molecule has 3 atom stereocenters. The first-order valence-electron chi connectivity index (χ1n) is 14.0. The molecular formula is C30H37Cl2N7O4. The van der Waals surface area contributed by atoms with Gasteiger partial charge >= 0.3 is 0 Å². The maximum atomic E-state index is 13.8. The van der Waals surface area contributed by atoms with Gasteiger partial charge in [-0.25, -0.2) is 9.97 Å². The van der Waals surface area contributed by atoms with E-state index in [0.29, 0.717) is 63.3 Å². The third kappa shape index (κ3) is 7.11. The number of methoxy groups -OCH3 is 1. The fraction of sp³-hybridized carbons (Fsp3) is 0.433. The minimum atomic E-state index is -0.816. The predicted octanol–water partition coefficient (Wildman–Crippen LogP) is 4.76. The normalized spacial score (nSPS) is 16.5. The number of halogens is 2. The van der Waals surface area contributed by atoms with Crippen LogP contribution in [0, 0.1) is 5.41 Å². The summed E-state index contributed by atoms with van der Waals surface area (Å²) in [6.07, 6.45) is 2.54. The molecule has 4 N–H and O–H groups in total. The molecule has 3 aromatic rings. The zero-order valence-corrected chi connectivity index (χ0v) is 26.6. The number of carbonyl (C=O) groups excluding carboxylic acids is 3. The Kier molecular flexibility index (Phi) is 9.99. The van der Waals surface area contributed by atoms with E-state index in [1.165, 1.54) is 13.4 Å². The van der Waals surface area contributed by atoms with Crippen molar-refractivity contribution in [3.8, 4) is 5.75 Å². The zero-order chi connectivity index (χ0) is 31.5. The quantitative estimate of drug-likeness (QED) is 0.266. The zero-order valence-electron chi connectivity index (χ0n) is 25.0. The van der Waals surface area contributed by atoms with Crippen molar-refractivity contribution in [1.29, 1.82) is 0 Å². The van der Waals surface area contributed by atoms with E-state index in [1.54, 1.807) is 49.2 Å². The van der Waals surface area contributed by atoms with Crippen LogP contribution >= 0.6 is 23.2 Å². The molecule has 0 saturated carbocycles. The highest BCUT2D eigenvalue weighted by Gasteiger charge is 2.42. The van der Waals surface area contributed by atoms with E-state index in [1.807, 2.05) is 20.8 Å². The molecule has 43 heavy (non-hydrogen) atoms. The van der Waals surface area contributed by atoms with E-state index in [0.717, 1.165) is 0 Å². The molecule has 11 nitrogen and oxygen atoms in total. The molecule has 0 spiro atoms. The highest BCUT2D eigenvalue weighted by Crippen LogP contribution is 2.36. The molecule has 1 aliphatic rings. The Morgan fingerprint density at radius 1 is 1.12 bits per heavy atom. The van der Waals surface area contributed by atoms with Crippen molar-refractivity contribution in [1.82, 2.24) is 25.5 Å². The molecule has 2 heterocycles. The standard InChI is InChI=1S/C30H37Cl2N7O4/c1-16(33-5)27(40)38-25(30(2,3)4)29(42)39-12-8-11-22(39)28(41)37-21-13-17-20(14-23(21)43-6)34-15-35-26(17)36-19-10-7-9-18(31)24(19)32/h7,9-10,13-16,22,25,33H,8,11-12H2,1-6H3,(H,37,41)(H,38,40)(H,34,35,36)/t16-,22?,25+/m0/s1. The van der Waals surface area contributed by atoms with Crippen LogP contribution in [0.1, 0.15) is 40.5 Å². The van der Waals surface area contributed by atoms with E-state index in [2.05, 4.69) is 31.2 Å². The first kappa shape index (κ1) is 32.2. The topological polar surface area (TPSA) is 138 Å². The average Bonchev–Trinajstić information content (AvgIpc) is 3.47. The van der Waals surface area contributed by atoms with Crippen molar-refractivity contribution in [3.63, 3.8) is 0 Å². The number of aromatic nitrogens is 2. The van der Waals surface area contributed by atoms with E-state index in [4.69, 9.17) is 27.9 Å². The Morgan fingerprint density at radius 3 is 2.53 bits per heavy atom. The lowest BCUT2D eigenvalue weighted by atomic mass is 9.85. The Labute approximate surface area is 261 Å². The van der Waals surface area contributed by atoms with Gasteiger partial charge in [0.25, 0.3) is 0 Å². The van der Waals surface area contributed by atoms with Crippen molar-refractivity contribution in [2.75, 3.05) is 31.3 Å². The summed E-state index contributed by atoms with van der Waals surface area (Å²) in [5, 5.41) is 13.2. The van der Waals surface area contributed by atoms with Crippen LogP contribution < -0.4 is 26.0 Å². The lowest BCUT2D eigenvalue weighted by molar-refractivity contribution is -0.143. The number of anilines is 3. The summed E-state index contributed by atoms with van der Waals surface area (Å²) in [4.78, 5) is 50.5. The number of rotatable bonds is 9. The van der Waals surface area contributed by atoms with Crippen LogP contribution in [0.15, 0.2) is 36.7 Å². The van der Waals surface area contributed by atoms with Gasteiger partial charge in [-0.3, -0.25) is 14.4 Å². The number of benzene rings is 2. The maximum Gasteiger partial charge on any atom is 0.247 e. The number of hydrogen-bond donors (Lipinski definition) is 4. The largest absolute Gasteiger partial charge is 0.494 e. The molecule has 1 aromatic heterocycles. The van der Waals surface area contributed by atoms with Gasteiger partial charge in [0, 0.05) is 18.0 Å². The number of likely N-dealkylation sites (tertiary alicyclic amines) is 1. The third-order valence-corrected chi connectivity index (χ3v) is 8.30. The number of carbonyl (C=O) groups is 3. The lowest BCUT2D eigenvalue weighted by Gasteiger charge is -2.36. The predicted molar refractivity (Wildman–Crippen MR) is 169 cm³/mol. The molecule has 2 aromatic carbocycles. The molecule has 1 saturated heterocycles. The fourth-order valence-electron chi connectivity index (χ4n) is 4.91. The van der Waals surface area contributed by atoms with Crippen LogP contribution in [0.25, 0.3) is 10.9 Å². The van der Waals surface area contributed by atoms with Gasteiger partial charge in [-0.2, -0.15) is 0 Å². The summed E-state index contributed by atoms with van der Waals surface area (Å²) in [7, 11) is 3.18. The Bertz CT molecular complexity index is 1530. The fourth-order valence-corrected chi connectivity index (χ4v) is 5.26. The van der Waals surface area contributed by atoms with Crippen molar-refractivity contribution in [3.05, 3.63) is 46.7 Å². The van der Waals surface area contributed by atoms with Gasteiger partial charge in [-0.05, 0) is 50.4 Å². The van der Waals surface area contributed by atoms with Crippen LogP contribution in [0.2, 0.25) is 10.0 Å². The van der Waals surface area contributed by atoms with Crippen LogP contribution in [0.4, 0.5) is 17.2 Å². The van der Waals surface area contributed by atoms with E-state index in [9.17, 15) is 14.4 Å². The maximum absolute atomic E-state index is 13.8. The van der Waals surface area contributed by atoms with Crippen molar-refractivity contribution < 1.29 is 19.1 Å². The first-order valence-corrected chi connectivity index (χ1v) is 14.7. The highest BCUT2D eigenvalue weighted by molar-refractivity contribution is 6.43. The van der Waals surface area contributed by atoms with Crippen LogP contribution in [-0.2, 0) is 14.4 Å². The van der Waals surface area contributed by atoms with Crippen molar-refractivity contribution in [2.45, 2.75) is 58.7 Å². The molecule has 0 aliphatic carbocycles. The van der Waals surface area contributed by atoms with Gasteiger partial charge < -0.3 is 30.9 Å². The molecule has 3 amide bonds. The van der Waals surface area contributed by atoms with E-state index < -0.39 is 23.5 Å². The third-order valence-electron chi connectivity index (χ3n) is 7.48. The number of hydrogen-bond acceptors (Lipinski definition) is 8. The summed E-state index contributed by atoms with van der Waals surface area (Å²) in [6, 6.07) is 6.61. The van der Waals surface area contributed by atoms with Crippen molar-refractivity contribution in [2.24, 2.45) is 5.41 Å². The molecule has 1 aliphatic heterocycles. The number of fused-ring (bicyclic) bond motifs is 1. The first-order chi connectivity index (χ1) is 20.3. The minimum Gasteiger partial charge on any atom is -0.494 e. The molecule has 230 valence electrons. The summed E-state index contributed by atoms with van der Waals surface area (Å²) >= 11 is 12.6. The summed E-state index contributed by atoms with van der Waals surface area (Å²) in [6.45, 7) is 7.77. The van der Waals surface area contributed by atoms with Crippen LogP contribution in [0.3, 0.4) is 0 Å². The number of amides is 3. The van der Waals surface area contributed by atoms with Crippen molar-refractivity contribution >= 4 is 69.0 Å².